The van der Waals surface area contributed by atoms with Crippen molar-refractivity contribution in [3.63, 3.8) is 0 Å². The minimum absolute atomic E-state index is 0.143. The number of rotatable bonds is 13. The Labute approximate surface area is 287 Å². The van der Waals surface area contributed by atoms with Gasteiger partial charge in [0.15, 0.2) is 5.69 Å². The molecule has 0 radical (unpaired) electrons. The Morgan fingerprint density at radius 3 is 2.33 bits per heavy atom. The van der Waals surface area contributed by atoms with Crippen LogP contribution in [0.2, 0.25) is 0 Å². The average Bonchev–Trinajstić information content (AvgIpc) is 3.51. The molecular formula is C38H46N6O5. The SMILES string of the molecule is CCCCN(CCCC)C(=O)c1cc(C)n(-c2ccc(NC(=O)Nc3ccccc3OC)cc2C(=O)N2Cc3ccccc3C[C@H]2CO)n1. The second-order valence-corrected chi connectivity index (χ2v) is 12.3. The van der Waals surface area contributed by atoms with Crippen LogP contribution in [0.5, 0.6) is 5.75 Å². The average molecular weight is 667 g/mol. The minimum atomic E-state index is -0.516. The summed E-state index contributed by atoms with van der Waals surface area (Å²) in [5.41, 5.74) is 4.69. The number of carbonyl (C=O) groups excluding carboxylic acids is 3. The van der Waals surface area contributed by atoms with Crippen LogP contribution in [-0.2, 0) is 13.0 Å². The number of ether oxygens (including phenoxy) is 1. The summed E-state index contributed by atoms with van der Waals surface area (Å²) in [4.78, 5) is 44.8. The van der Waals surface area contributed by atoms with Gasteiger partial charge in [0.05, 0.1) is 36.7 Å². The largest absolute Gasteiger partial charge is 0.495 e. The van der Waals surface area contributed by atoms with Gasteiger partial charge in [0, 0.05) is 31.0 Å². The first-order valence-corrected chi connectivity index (χ1v) is 17.0. The van der Waals surface area contributed by atoms with Crippen LogP contribution in [0.1, 0.15) is 77.2 Å². The number of para-hydroxylation sites is 2. The predicted octanol–water partition coefficient (Wildman–Crippen LogP) is 6.44. The molecule has 0 unspecified atom stereocenters. The standard InChI is InChI=1S/C38H46N6O5/c1-5-7-19-42(20-8-6-2)37(47)33-21-26(3)44(41-33)34-18-17-29(39-38(48)40-32-15-11-12-16-35(32)49-4)23-31(34)36(46)43-24-28-14-10-9-13-27(28)22-30(43)25-45/h9-18,21,23,30,45H,5-8,19-20,22,24-25H2,1-4H3,(H2,39,40,48)/t30-/m0/s1. The summed E-state index contributed by atoms with van der Waals surface area (Å²) < 4.78 is 6.97. The van der Waals surface area contributed by atoms with Crippen molar-refractivity contribution in [3.8, 4) is 11.4 Å². The molecule has 0 saturated carbocycles. The van der Waals surface area contributed by atoms with E-state index in [0.29, 0.717) is 60.3 Å². The van der Waals surface area contributed by atoms with Crippen molar-refractivity contribution in [2.24, 2.45) is 0 Å². The fourth-order valence-corrected chi connectivity index (χ4v) is 6.14. The lowest BCUT2D eigenvalue weighted by Gasteiger charge is -2.36. The maximum Gasteiger partial charge on any atom is 0.323 e. The summed E-state index contributed by atoms with van der Waals surface area (Å²) in [5.74, 6) is 0.0373. The molecule has 0 saturated heterocycles. The number of urea groups is 1. The molecule has 0 bridgehead atoms. The zero-order chi connectivity index (χ0) is 34.9. The van der Waals surface area contributed by atoms with Gasteiger partial charge in [-0.2, -0.15) is 5.10 Å². The zero-order valence-corrected chi connectivity index (χ0v) is 28.7. The molecule has 0 aliphatic carbocycles. The quantitative estimate of drug-likeness (QED) is 0.151. The molecule has 1 aliphatic heterocycles. The predicted molar refractivity (Wildman–Crippen MR) is 191 cm³/mol. The van der Waals surface area contributed by atoms with Crippen molar-refractivity contribution < 1.29 is 24.2 Å². The van der Waals surface area contributed by atoms with Gasteiger partial charge in [-0.25, -0.2) is 9.48 Å². The normalized spacial score (nSPS) is 13.8. The summed E-state index contributed by atoms with van der Waals surface area (Å²) in [6.45, 7) is 7.46. The molecule has 1 atom stereocenters. The monoisotopic (exact) mass is 666 g/mol. The van der Waals surface area contributed by atoms with Gasteiger partial charge < -0.3 is 30.3 Å². The number of aliphatic hydroxyl groups excluding tert-OH is 1. The molecule has 11 nitrogen and oxygen atoms in total. The van der Waals surface area contributed by atoms with E-state index in [2.05, 4.69) is 24.5 Å². The van der Waals surface area contributed by atoms with Crippen LogP contribution in [0.15, 0.2) is 72.8 Å². The van der Waals surface area contributed by atoms with E-state index in [9.17, 15) is 19.5 Å². The zero-order valence-electron chi connectivity index (χ0n) is 28.7. The van der Waals surface area contributed by atoms with Crippen molar-refractivity contribution >= 4 is 29.2 Å². The van der Waals surface area contributed by atoms with Gasteiger partial charge in [-0.3, -0.25) is 9.59 Å². The first-order chi connectivity index (χ1) is 23.8. The lowest BCUT2D eigenvalue weighted by molar-refractivity contribution is 0.0544. The van der Waals surface area contributed by atoms with Gasteiger partial charge in [-0.05, 0) is 73.7 Å². The molecular weight excluding hydrogens is 620 g/mol. The highest BCUT2D eigenvalue weighted by Crippen LogP contribution is 2.29. The van der Waals surface area contributed by atoms with Gasteiger partial charge in [-0.15, -0.1) is 0 Å². The van der Waals surface area contributed by atoms with E-state index in [0.717, 1.165) is 36.8 Å². The first kappa shape index (κ1) is 35.2. The smallest absolute Gasteiger partial charge is 0.323 e. The van der Waals surface area contributed by atoms with Crippen LogP contribution in [0, 0.1) is 6.92 Å². The van der Waals surface area contributed by atoms with E-state index >= 15 is 0 Å². The fourth-order valence-electron chi connectivity index (χ4n) is 6.14. The Kier molecular flexibility index (Phi) is 11.7. The summed E-state index contributed by atoms with van der Waals surface area (Å²) in [5, 5.41) is 20.7. The highest BCUT2D eigenvalue weighted by molar-refractivity contribution is 6.03. The molecule has 0 fully saturated rings. The molecule has 3 aromatic carbocycles. The van der Waals surface area contributed by atoms with Crippen molar-refractivity contribution in [1.82, 2.24) is 19.6 Å². The van der Waals surface area contributed by atoms with Crippen LogP contribution < -0.4 is 15.4 Å². The van der Waals surface area contributed by atoms with Crippen LogP contribution in [0.4, 0.5) is 16.2 Å². The minimum Gasteiger partial charge on any atom is -0.495 e. The number of aliphatic hydroxyl groups is 1. The van der Waals surface area contributed by atoms with Crippen molar-refractivity contribution in [3.05, 3.63) is 101 Å². The molecule has 3 N–H and O–H groups in total. The van der Waals surface area contributed by atoms with Crippen LogP contribution in [-0.4, -0.2) is 75.4 Å². The highest BCUT2D eigenvalue weighted by Gasteiger charge is 2.32. The molecule has 0 spiro atoms. The second kappa shape index (κ2) is 16.3. The van der Waals surface area contributed by atoms with Gasteiger partial charge in [0.2, 0.25) is 0 Å². The highest BCUT2D eigenvalue weighted by atomic mass is 16.5. The molecule has 1 aromatic heterocycles. The number of nitrogens with zero attached hydrogens (tertiary/aromatic N) is 4. The molecule has 258 valence electrons. The fraction of sp³-hybridized carbons (Fsp3) is 0.368. The number of nitrogens with one attached hydrogen (secondary N) is 2. The Morgan fingerprint density at radius 1 is 0.939 bits per heavy atom. The molecule has 49 heavy (non-hydrogen) atoms. The third-order valence-electron chi connectivity index (χ3n) is 8.85. The van der Waals surface area contributed by atoms with Crippen LogP contribution >= 0.6 is 0 Å². The number of aryl methyl sites for hydroxylation is 1. The van der Waals surface area contributed by atoms with E-state index in [1.54, 1.807) is 58.1 Å². The Hall–Kier alpha value is -5.16. The third kappa shape index (κ3) is 8.11. The number of unbranched alkanes of at least 4 members (excludes halogenated alkanes) is 2. The van der Waals surface area contributed by atoms with Crippen molar-refractivity contribution in [1.29, 1.82) is 0 Å². The molecule has 5 rings (SSSR count). The summed E-state index contributed by atoms with van der Waals surface area (Å²) >= 11 is 0. The molecule has 4 aromatic rings. The lowest BCUT2D eigenvalue weighted by Crippen LogP contribution is -2.46. The summed E-state index contributed by atoms with van der Waals surface area (Å²) in [6.07, 6.45) is 4.26. The van der Waals surface area contributed by atoms with Gasteiger partial charge >= 0.3 is 6.03 Å². The summed E-state index contributed by atoms with van der Waals surface area (Å²) in [6, 6.07) is 20.8. The number of carbonyl (C=O) groups is 3. The number of fused-ring (bicyclic) bond motifs is 1. The number of methoxy groups -OCH3 is 1. The van der Waals surface area contributed by atoms with Crippen LogP contribution in [0.3, 0.4) is 0 Å². The summed E-state index contributed by atoms with van der Waals surface area (Å²) in [7, 11) is 1.53. The second-order valence-electron chi connectivity index (χ2n) is 12.3. The Balaban J connectivity index is 1.51. The number of benzene rings is 3. The van der Waals surface area contributed by atoms with E-state index < -0.39 is 12.1 Å². The number of amides is 4. The molecule has 2 heterocycles. The van der Waals surface area contributed by atoms with E-state index in [1.165, 1.54) is 7.11 Å². The number of anilines is 2. The van der Waals surface area contributed by atoms with Gasteiger partial charge in [0.1, 0.15) is 5.75 Å². The maximum absolute atomic E-state index is 14.5. The Morgan fingerprint density at radius 2 is 1.63 bits per heavy atom. The topological polar surface area (TPSA) is 129 Å². The number of hydrogen-bond donors (Lipinski definition) is 3. The van der Waals surface area contributed by atoms with Crippen molar-refractivity contribution in [2.45, 2.75) is 65.5 Å². The van der Waals surface area contributed by atoms with Gasteiger partial charge in [0.25, 0.3) is 11.8 Å². The first-order valence-electron chi connectivity index (χ1n) is 17.0. The van der Waals surface area contributed by atoms with E-state index in [4.69, 9.17) is 9.84 Å². The number of hydrogen-bond acceptors (Lipinski definition) is 6. The Bertz CT molecular complexity index is 1780. The molecule has 4 amide bonds. The lowest BCUT2D eigenvalue weighted by atomic mass is 9.93. The van der Waals surface area contributed by atoms with Crippen molar-refractivity contribution in [2.75, 3.05) is 37.4 Å². The maximum atomic E-state index is 14.5. The van der Waals surface area contributed by atoms with E-state index in [1.807, 2.05) is 36.1 Å². The molecule has 11 heteroatoms. The third-order valence-corrected chi connectivity index (χ3v) is 8.85. The van der Waals surface area contributed by atoms with Gasteiger partial charge in [-0.1, -0.05) is 63.1 Å². The van der Waals surface area contributed by atoms with E-state index in [-0.39, 0.29) is 24.0 Å². The van der Waals surface area contributed by atoms with Crippen LogP contribution in [0.25, 0.3) is 5.69 Å². The number of aromatic nitrogens is 2. The molecule has 1 aliphatic rings.